The van der Waals surface area contributed by atoms with Crippen LogP contribution in [0.25, 0.3) is 0 Å². The van der Waals surface area contributed by atoms with E-state index in [-0.39, 0.29) is 0 Å². The molecule has 1 aromatic carbocycles. The summed E-state index contributed by atoms with van der Waals surface area (Å²) >= 11 is 0. The first-order chi connectivity index (χ1) is 11.3. The first-order valence-corrected chi connectivity index (χ1v) is 8.77. The molecular weight excluding hydrogens is 282 g/mol. The number of piperidine rings is 1. The summed E-state index contributed by atoms with van der Waals surface area (Å²) in [4.78, 5) is 6.69. The number of benzene rings is 1. The predicted octanol–water partition coefficient (Wildman–Crippen LogP) is 3.79. The SMILES string of the molecule is CCC(NC1CCN(Cc2ccccc2)CC1)c1ccncc1. The van der Waals surface area contributed by atoms with Crippen molar-refractivity contribution in [1.82, 2.24) is 15.2 Å². The Balaban J connectivity index is 1.49. The van der Waals surface area contributed by atoms with E-state index in [1.165, 1.54) is 37.1 Å². The van der Waals surface area contributed by atoms with Crippen molar-refractivity contribution < 1.29 is 0 Å². The van der Waals surface area contributed by atoms with Crippen LogP contribution in [0.3, 0.4) is 0 Å². The fraction of sp³-hybridized carbons (Fsp3) is 0.450. The minimum atomic E-state index is 0.448. The van der Waals surface area contributed by atoms with Crippen molar-refractivity contribution in [2.45, 2.75) is 44.8 Å². The lowest BCUT2D eigenvalue weighted by Gasteiger charge is -2.34. The molecule has 0 saturated carbocycles. The molecule has 1 atom stereocenters. The first-order valence-electron chi connectivity index (χ1n) is 8.77. The summed E-state index contributed by atoms with van der Waals surface area (Å²) in [6.07, 6.45) is 7.36. The Hall–Kier alpha value is -1.71. The lowest BCUT2D eigenvalue weighted by Crippen LogP contribution is -2.43. The van der Waals surface area contributed by atoms with Gasteiger partial charge in [-0.25, -0.2) is 0 Å². The number of nitrogens with one attached hydrogen (secondary N) is 1. The summed E-state index contributed by atoms with van der Waals surface area (Å²) in [6.45, 7) is 5.69. The summed E-state index contributed by atoms with van der Waals surface area (Å²) < 4.78 is 0. The van der Waals surface area contributed by atoms with Gasteiger partial charge in [0.15, 0.2) is 0 Å². The van der Waals surface area contributed by atoms with Crippen LogP contribution in [-0.4, -0.2) is 29.0 Å². The molecule has 0 bridgehead atoms. The minimum Gasteiger partial charge on any atom is -0.307 e. The zero-order chi connectivity index (χ0) is 15.9. The van der Waals surface area contributed by atoms with Crippen LogP contribution in [0, 0.1) is 0 Å². The Kier molecular flexibility index (Phi) is 5.78. The standard InChI is InChI=1S/C20H27N3/c1-2-20(18-8-12-21-13-9-18)22-19-10-14-23(15-11-19)16-17-6-4-3-5-7-17/h3-9,12-13,19-20,22H,2,10-11,14-16H2,1H3. The molecule has 23 heavy (non-hydrogen) atoms. The van der Waals surface area contributed by atoms with Crippen molar-refractivity contribution in [3.8, 4) is 0 Å². The number of hydrogen-bond acceptors (Lipinski definition) is 3. The van der Waals surface area contributed by atoms with Gasteiger partial charge in [0, 0.05) is 31.0 Å². The van der Waals surface area contributed by atoms with Crippen LogP contribution in [0.1, 0.15) is 43.4 Å². The molecule has 1 unspecified atom stereocenters. The van der Waals surface area contributed by atoms with Crippen molar-refractivity contribution in [3.63, 3.8) is 0 Å². The molecule has 0 amide bonds. The van der Waals surface area contributed by atoms with Gasteiger partial charge in [0.25, 0.3) is 0 Å². The largest absolute Gasteiger partial charge is 0.307 e. The molecule has 1 aliphatic heterocycles. The fourth-order valence-corrected chi connectivity index (χ4v) is 3.43. The highest BCUT2D eigenvalue weighted by Gasteiger charge is 2.21. The summed E-state index contributed by atoms with van der Waals surface area (Å²) in [5.74, 6) is 0. The van der Waals surface area contributed by atoms with Gasteiger partial charge >= 0.3 is 0 Å². The normalized spacial score (nSPS) is 18.0. The third-order valence-corrected chi connectivity index (χ3v) is 4.79. The van der Waals surface area contributed by atoms with Crippen LogP contribution >= 0.6 is 0 Å². The maximum absolute atomic E-state index is 4.12. The maximum Gasteiger partial charge on any atom is 0.0321 e. The molecule has 1 N–H and O–H groups in total. The molecule has 0 spiro atoms. The van der Waals surface area contributed by atoms with Gasteiger partial charge in [-0.1, -0.05) is 37.3 Å². The van der Waals surface area contributed by atoms with E-state index in [1.807, 2.05) is 12.4 Å². The lowest BCUT2D eigenvalue weighted by atomic mass is 9.99. The quantitative estimate of drug-likeness (QED) is 0.880. The monoisotopic (exact) mass is 309 g/mol. The molecule has 2 aromatic rings. The molecule has 3 rings (SSSR count). The first kappa shape index (κ1) is 16.2. The van der Waals surface area contributed by atoms with Crippen LogP contribution in [0.4, 0.5) is 0 Å². The zero-order valence-electron chi connectivity index (χ0n) is 14.0. The topological polar surface area (TPSA) is 28.2 Å². The highest BCUT2D eigenvalue weighted by Crippen LogP contribution is 2.20. The van der Waals surface area contributed by atoms with Crippen molar-refractivity contribution in [3.05, 3.63) is 66.0 Å². The van der Waals surface area contributed by atoms with E-state index in [2.05, 4.69) is 64.6 Å². The van der Waals surface area contributed by atoms with Crippen molar-refractivity contribution in [2.75, 3.05) is 13.1 Å². The third kappa shape index (κ3) is 4.63. The molecule has 2 heterocycles. The average Bonchev–Trinajstić information content (AvgIpc) is 2.63. The molecule has 3 heteroatoms. The van der Waals surface area contributed by atoms with Gasteiger partial charge in [-0.2, -0.15) is 0 Å². The lowest BCUT2D eigenvalue weighted by molar-refractivity contribution is 0.183. The van der Waals surface area contributed by atoms with Crippen LogP contribution in [0.2, 0.25) is 0 Å². The molecule has 122 valence electrons. The van der Waals surface area contributed by atoms with Crippen LogP contribution < -0.4 is 5.32 Å². The Labute approximate surface area is 139 Å². The van der Waals surface area contributed by atoms with E-state index in [4.69, 9.17) is 0 Å². The Bertz CT molecular complexity index is 562. The predicted molar refractivity (Wildman–Crippen MR) is 95.1 cm³/mol. The van der Waals surface area contributed by atoms with Gasteiger partial charge < -0.3 is 5.32 Å². The van der Waals surface area contributed by atoms with Crippen molar-refractivity contribution >= 4 is 0 Å². The van der Waals surface area contributed by atoms with Gasteiger partial charge in [-0.05, 0) is 55.6 Å². The van der Waals surface area contributed by atoms with E-state index in [1.54, 1.807) is 0 Å². The molecule has 1 saturated heterocycles. The minimum absolute atomic E-state index is 0.448. The highest BCUT2D eigenvalue weighted by atomic mass is 15.1. The van der Waals surface area contributed by atoms with Gasteiger partial charge in [-0.15, -0.1) is 0 Å². The van der Waals surface area contributed by atoms with Crippen molar-refractivity contribution in [1.29, 1.82) is 0 Å². The zero-order valence-corrected chi connectivity index (χ0v) is 14.0. The van der Waals surface area contributed by atoms with Crippen LogP contribution in [-0.2, 0) is 6.54 Å². The second-order valence-electron chi connectivity index (χ2n) is 6.44. The Morgan fingerprint density at radius 2 is 1.78 bits per heavy atom. The Morgan fingerprint density at radius 1 is 1.09 bits per heavy atom. The van der Waals surface area contributed by atoms with Gasteiger partial charge in [-0.3, -0.25) is 9.88 Å². The summed E-state index contributed by atoms with van der Waals surface area (Å²) in [6, 6.07) is 16.1. The summed E-state index contributed by atoms with van der Waals surface area (Å²) in [7, 11) is 0. The molecule has 1 fully saturated rings. The smallest absolute Gasteiger partial charge is 0.0321 e. The summed E-state index contributed by atoms with van der Waals surface area (Å²) in [5, 5.41) is 3.85. The molecule has 1 aliphatic rings. The van der Waals surface area contributed by atoms with E-state index in [9.17, 15) is 0 Å². The number of nitrogens with zero attached hydrogens (tertiary/aromatic N) is 2. The molecule has 3 nitrogen and oxygen atoms in total. The summed E-state index contributed by atoms with van der Waals surface area (Å²) in [5.41, 5.74) is 2.77. The number of hydrogen-bond donors (Lipinski definition) is 1. The molecule has 0 radical (unpaired) electrons. The van der Waals surface area contributed by atoms with E-state index < -0.39 is 0 Å². The third-order valence-electron chi connectivity index (χ3n) is 4.79. The van der Waals surface area contributed by atoms with Gasteiger partial charge in [0.1, 0.15) is 0 Å². The van der Waals surface area contributed by atoms with Gasteiger partial charge in [0.2, 0.25) is 0 Å². The van der Waals surface area contributed by atoms with Crippen LogP contribution in [0.15, 0.2) is 54.9 Å². The second kappa shape index (κ2) is 8.23. The van der Waals surface area contributed by atoms with Gasteiger partial charge in [0.05, 0.1) is 0 Å². The molecule has 1 aromatic heterocycles. The number of likely N-dealkylation sites (tertiary alicyclic amines) is 1. The average molecular weight is 309 g/mol. The number of aromatic nitrogens is 1. The van der Waals surface area contributed by atoms with E-state index in [0.29, 0.717) is 12.1 Å². The Morgan fingerprint density at radius 3 is 2.43 bits per heavy atom. The second-order valence-corrected chi connectivity index (χ2v) is 6.44. The molecular formula is C20H27N3. The van der Waals surface area contributed by atoms with Crippen LogP contribution in [0.5, 0.6) is 0 Å². The van der Waals surface area contributed by atoms with Crippen molar-refractivity contribution in [2.24, 2.45) is 0 Å². The highest BCUT2D eigenvalue weighted by molar-refractivity contribution is 5.16. The molecule has 0 aliphatic carbocycles. The number of rotatable bonds is 6. The fourth-order valence-electron chi connectivity index (χ4n) is 3.43. The van der Waals surface area contributed by atoms with E-state index in [0.717, 1.165) is 13.0 Å². The number of pyridine rings is 1. The van der Waals surface area contributed by atoms with E-state index >= 15 is 0 Å². The maximum atomic E-state index is 4.12.